The molecule has 168 valence electrons. The average molecular weight is 442 g/mol. The first kappa shape index (κ1) is 21.4. The minimum atomic E-state index is -0.414. The van der Waals surface area contributed by atoms with Crippen LogP contribution in [0.2, 0.25) is 0 Å². The molecule has 5 nitrogen and oxygen atoms in total. The van der Waals surface area contributed by atoms with Gasteiger partial charge in [0.1, 0.15) is 0 Å². The minimum absolute atomic E-state index is 0.186. The van der Waals surface area contributed by atoms with Gasteiger partial charge in [0.2, 0.25) is 17.3 Å². The summed E-state index contributed by atoms with van der Waals surface area (Å²) in [7, 11) is 0. The Labute approximate surface area is 192 Å². The third-order valence-electron chi connectivity index (χ3n) is 6.90. The molecule has 5 rings (SSSR count). The molecule has 1 aliphatic carbocycles. The topological polar surface area (TPSA) is 69.3 Å². The molecule has 1 saturated carbocycles. The number of carbonyl (C=O) groups is 3. The Bertz CT molecular complexity index is 1350. The maximum Gasteiger partial charge on any atom is 0.228 e. The molecule has 0 spiro atoms. The first-order valence-electron chi connectivity index (χ1n) is 11.8. The van der Waals surface area contributed by atoms with Gasteiger partial charge < -0.3 is 8.98 Å². The molecule has 0 bridgehead atoms. The van der Waals surface area contributed by atoms with E-state index < -0.39 is 5.78 Å². The van der Waals surface area contributed by atoms with E-state index in [-0.39, 0.29) is 17.3 Å². The first-order valence-corrected chi connectivity index (χ1v) is 11.8. The van der Waals surface area contributed by atoms with Crippen LogP contribution < -0.4 is 0 Å². The molecular formula is C28H27NO4. The Hall–Kier alpha value is -3.47. The van der Waals surface area contributed by atoms with E-state index >= 15 is 0 Å². The van der Waals surface area contributed by atoms with Crippen LogP contribution in [0.4, 0.5) is 0 Å². The summed E-state index contributed by atoms with van der Waals surface area (Å²) in [5.41, 5.74) is 2.91. The Morgan fingerprint density at radius 3 is 2.21 bits per heavy atom. The maximum atomic E-state index is 13.0. The van der Waals surface area contributed by atoms with Crippen molar-refractivity contribution in [3.05, 3.63) is 71.7 Å². The number of aromatic nitrogens is 1. The highest BCUT2D eigenvalue weighted by Crippen LogP contribution is 2.32. The van der Waals surface area contributed by atoms with Gasteiger partial charge >= 0.3 is 0 Å². The number of aryl methyl sites for hydroxylation is 1. The van der Waals surface area contributed by atoms with E-state index in [1.807, 2.05) is 24.3 Å². The Kier molecular flexibility index (Phi) is 5.71. The maximum absolute atomic E-state index is 13.0. The summed E-state index contributed by atoms with van der Waals surface area (Å²) in [6.45, 7) is 2.81. The molecule has 2 aromatic carbocycles. The normalized spacial score (nSPS) is 14.7. The number of nitrogens with zero attached hydrogens (tertiary/aromatic N) is 1. The molecule has 0 N–H and O–H groups in total. The lowest BCUT2D eigenvalue weighted by Crippen LogP contribution is -2.19. The van der Waals surface area contributed by atoms with Gasteiger partial charge in [0, 0.05) is 45.9 Å². The monoisotopic (exact) mass is 441 g/mol. The number of fused-ring (bicyclic) bond motifs is 3. The zero-order valence-electron chi connectivity index (χ0n) is 18.8. The fraction of sp³-hybridized carbons (Fsp3) is 0.321. The second-order valence-electron chi connectivity index (χ2n) is 8.98. The lowest BCUT2D eigenvalue weighted by molar-refractivity contribution is -0.116. The van der Waals surface area contributed by atoms with Gasteiger partial charge in [-0.15, -0.1) is 0 Å². The van der Waals surface area contributed by atoms with Gasteiger partial charge in [-0.25, -0.2) is 0 Å². The minimum Gasteiger partial charge on any atom is -0.461 e. The highest BCUT2D eigenvalue weighted by Gasteiger charge is 2.24. The summed E-state index contributed by atoms with van der Waals surface area (Å²) in [6.07, 6.45) is 7.41. The summed E-state index contributed by atoms with van der Waals surface area (Å²) >= 11 is 0. The van der Waals surface area contributed by atoms with Gasteiger partial charge in [-0.1, -0.05) is 32.1 Å². The Balaban J connectivity index is 1.53. The second-order valence-corrected chi connectivity index (χ2v) is 8.98. The Morgan fingerprint density at radius 2 is 1.58 bits per heavy atom. The van der Waals surface area contributed by atoms with Gasteiger partial charge in [-0.05, 0) is 61.4 Å². The van der Waals surface area contributed by atoms with E-state index in [9.17, 15) is 14.4 Å². The van der Waals surface area contributed by atoms with Crippen molar-refractivity contribution in [2.24, 2.45) is 5.92 Å². The van der Waals surface area contributed by atoms with Gasteiger partial charge in [-0.3, -0.25) is 14.4 Å². The number of ketones is 3. The average Bonchev–Trinajstić information content (AvgIpc) is 3.49. The van der Waals surface area contributed by atoms with Crippen molar-refractivity contribution < 1.29 is 18.8 Å². The molecule has 0 atom stereocenters. The van der Waals surface area contributed by atoms with Crippen LogP contribution in [0.5, 0.6) is 0 Å². The van der Waals surface area contributed by atoms with Gasteiger partial charge in [-0.2, -0.15) is 0 Å². The summed E-state index contributed by atoms with van der Waals surface area (Å²) in [4.78, 5) is 38.5. The lowest BCUT2D eigenvalue weighted by Gasteiger charge is -2.20. The quantitative estimate of drug-likeness (QED) is 0.247. The highest BCUT2D eigenvalue weighted by molar-refractivity contribution is 6.44. The number of furan rings is 1. The lowest BCUT2D eigenvalue weighted by atomic mass is 9.84. The van der Waals surface area contributed by atoms with Crippen molar-refractivity contribution in [3.63, 3.8) is 0 Å². The van der Waals surface area contributed by atoms with Crippen molar-refractivity contribution in [3.8, 4) is 0 Å². The molecule has 5 heteroatoms. The molecular weight excluding hydrogens is 414 g/mol. The molecule has 0 aliphatic heterocycles. The molecule has 0 radical (unpaired) electrons. The second kappa shape index (κ2) is 8.81. The van der Waals surface area contributed by atoms with Crippen molar-refractivity contribution in [2.75, 3.05) is 0 Å². The third-order valence-corrected chi connectivity index (χ3v) is 6.90. The third kappa shape index (κ3) is 3.92. The fourth-order valence-corrected chi connectivity index (χ4v) is 5.18. The zero-order valence-corrected chi connectivity index (χ0v) is 18.8. The Morgan fingerprint density at radius 1 is 0.909 bits per heavy atom. The highest BCUT2D eigenvalue weighted by atomic mass is 16.3. The van der Waals surface area contributed by atoms with Crippen LogP contribution in [0.3, 0.4) is 0 Å². The predicted octanol–water partition coefficient (Wildman–Crippen LogP) is 6.36. The SMILES string of the molecule is CCn1c2ccc(C(=O)C(=O)CC3CCCCC3)cc2c2cc(C(=O)c3ccco3)ccc21. The standard InChI is InChI=1S/C28H27NO4/c1-2-29-23-12-10-19(27(31)25(30)15-18-7-4-3-5-8-18)16-21(23)22-17-20(11-13-24(22)29)28(32)26-9-6-14-33-26/h6,9-14,16-18H,2-5,7-8,15H2,1H3. The number of Topliss-reactive ketones (excluding diaryl/α,β-unsaturated/α-hetero) is 2. The van der Waals surface area contributed by atoms with Crippen molar-refractivity contribution in [2.45, 2.75) is 52.0 Å². The van der Waals surface area contributed by atoms with E-state index in [0.29, 0.717) is 23.5 Å². The van der Waals surface area contributed by atoms with Crippen molar-refractivity contribution in [1.82, 2.24) is 4.57 Å². The van der Waals surface area contributed by atoms with Crippen molar-refractivity contribution >= 4 is 39.2 Å². The van der Waals surface area contributed by atoms with E-state index in [0.717, 1.165) is 54.0 Å². The van der Waals surface area contributed by atoms with Gasteiger partial charge in [0.15, 0.2) is 5.76 Å². The van der Waals surface area contributed by atoms with E-state index in [4.69, 9.17) is 4.42 Å². The predicted molar refractivity (Wildman–Crippen MR) is 128 cm³/mol. The first-order chi connectivity index (χ1) is 16.1. The molecule has 1 fully saturated rings. The molecule has 33 heavy (non-hydrogen) atoms. The molecule has 4 aromatic rings. The summed E-state index contributed by atoms with van der Waals surface area (Å²) < 4.78 is 7.43. The van der Waals surface area contributed by atoms with Crippen LogP contribution in [0.1, 0.15) is 71.9 Å². The number of carbonyl (C=O) groups excluding carboxylic acids is 3. The van der Waals surface area contributed by atoms with Gasteiger partial charge in [0.25, 0.3) is 0 Å². The molecule has 0 amide bonds. The van der Waals surface area contributed by atoms with E-state index in [1.165, 1.54) is 12.7 Å². The van der Waals surface area contributed by atoms with Gasteiger partial charge in [0.05, 0.1) is 6.26 Å². The molecule has 2 aromatic heterocycles. The molecule has 0 saturated heterocycles. The summed E-state index contributed by atoms with van der Waals surface area (Å²) in [5.74, 6) is -0.278. The molecule has 0 unspecified atom stereocenters. The van der Waals surface area contributed by atoms with Crippen molar-refractivity contribution in [1.29, 1.82) is 0 Å². The smallest absolute Gasteiger partial charge is 0.228 e. The zero-order chi connectivity index (χ0) is 22.9. The van der Waals surface area contributed by atoms with Crippen LogP contribution in [0.15, 0.2) is 59.2 Å². The molecule has 1 aliphatic rings. The van der Waals surface area contributed by atoms with Crippen LogP contribution >= 0.6 is 0 Å². The van der Waals surface area contributed by atoms with Crippen LogP contribution in [0.25, 0.3) is 21.8 Å². The number of rotatable bonds is 7. The number of hydrogen-bond donors (Lipinski definition) is 0. The summed E-state index contributed by atoms with van der Waals surface area (Å²) in [5, 5.41) is 1.76. The van der Waals surface area contributed by atoms with E-state index in [2.05, 4.69) is 11.5 Å². The number of benzene rings is 2. The molecule has 2 heterocycles. The fourth-order valence-electron chi connectivity index (χ4n) is 5.18. The van der Waals surface area contributed by atoms with E-state index in [1.54, 1.807) is 24.3 Å². The van der Waals surface area contributed by atoms with Crippen LogP contribution in [-0.2, 0) is 11.3 Å². The largest absolute Gasteiger partial charge is 0.461 e. The van der Waals surface area contributed by atoms with Crippen LogP contribution in [0, 0.1) is 5.92 Å². The van der Waals surface area contributed by atoms with Crippen LogP contribution in [-0.4, -0.2) is 21.9 Å². The number of hydrogen-bond acceptors (Lipinski definition) is 4. The summed E-state index contributed by atoms with van der Waals surface area (Å²) in [6, 6.07) is 14.4.